The number of cyclic esters (lactones) is 1. The van der Waals surface area contributed by atoms with E-state index in [1.165, 1.54) is 35.6 Å². The standard InChI is InChI=1S/C15H13ClN2O5S2/c16-11-6-8-24-13(11)14(19)17-9-1-3-10(4-2-9)25(21,22)18-12-5-7-23-15(12)20/h1-4,6,8,12,18H,5,7H2,(H,17,19). The van der Waals surface area contributed by atoms with Crippen LogP contribution in [0.2, 0.25) is 5.02 Å². The largest absolute Gasteiger partial charge is 0.464 e. The summed E-state index contributed by atoms with van der Waals surface area (Å²) >= 11 is 7.11. The molecule has 1 amide bonds. The van der Waals surface area contributed by atoms with Gasteiger partial charge in [0, 0.05) is 12.1 Å². The number of rotatable bonds is 5. The predicted octanol–water partition coefficient (Wildman–Crippen LogP) is 2.25. The van der Waals surface area contributed by atoms with Gasteiger partial charge in [-0.3, -0.25) is 9.59 Å². The summed E-state index contributed by atoms with van der Waals surface area (Å²) in [7, 11) is -3.85. The average molecular weight is 401 g/mol. The van der Waals surface area contributed by atoms with E-state index in [2.05, 4.69) is 10.0 Å². The third kappa shape index (κ3) is 4.01. The molecular weight excluding hydrogens is 388 g/mol. The summed E-state index contributed by atoms with van der Waals surface area (Å²) in [5, 5.41) is 4.70. The minimum Gasteiger partial charge on any atom is -0.464 e. The molecular formula is C15H13ClN2O5S2. The number of thiophene rings is 1. The fourth-order valence-corrected chi connectivity index (χ4v) is 4.47. The topological polar surface area (TPSA) is 102 Å². The third-order valence-corrected chi connectivity index (χ3v) is 6.31. The van der Waals surface area contributed by atoms with Crippen LogP contribution >= 0.6 is 22.9 Å². The first kappa shape index (κ1) is 17.9. The fraction of sp³-hybridized carbons (Fsp3) is 0.200. The lowest BCUT2D eigenvalue weighted by Gasteiger charge is -2.10. The molecule has 1 unspecified atom stereocenters. The number of ether oxygens (including phenoxy) is 1. The summed E-state index contributed by atoms with van der Waals surface area (Å²) in [4.78, 5) is 23.8. The zero-order valence-electron chi connectivity index (χ0n) is 12.7. The molecule has 25 heavy (non-hydrogen) atoms. The molecule has 2 aromatic rings. The minimum absolute atomic E-state index is 0.0145. The van der Waals surface area contributed by atoms with Gasteiger partial charge in [-0.05, 0) is 35.7 Å². The molecule has 1 aliphatic heterocycles. The van der Waals surface area contributed by atoms with Gasteiger partial charge in [-0.15, -0.1) is 11.3 Å². The molecule has 2 heterocycles. The molecule has 1 aromatic heterocycles. The number of anilines is 1. The lowest BCUT2D eigenvalue weighted by atomic mass is 10.3. The van der Waals surface area contributed by atoms with Gasteiger partial charge in [0.1, 0.15) is 10.9 Å². The van der Waals surface area contributed by atoms with Crippen molar-refractivity contribution in [3.8, 4) is 0 Å². The Bertz CT molecular complexity index is 908. The van der Waals surface area contributed by atoms with Crippen LogP contribution in [0.1, 0.15) is 16.1 Å². The van der Waals surface area contributed by atoms with E-state index in [0.717, 1.165) is 0 Å². The van der Waals surface area contributed by atoms with E-state index >= 15 is 0 Å². The molecule has 1 atom stereocenters. The van der Waals surface area contributed by atoms with Crippen LogP contribution in [0.3, 0.4) is 0 Å². The first-order chi connectivity index (χ1) is 11.9. The van der Waals surface area contributed by atoms with Gasteiger partial charge in [0.2, 0.25) is 10.0 Å². The third-order valence-electron chi connectivity index (χ3n) is 3.48. The second kappa shape index (κ2) is 7.12. The molecule has 7 nitrogen and oxygen atoms in total. The highest BCUT2D eigenvalue weighted by atomic mass is 35.5. The van der Waals surface area contributed by atoms with E-state index in [1.54, 1.807) is 11.4 Å². The number of carbonyl (C=O) groups is 2. The Morgan fingerprint density at radius 2 is 1.96 bits per heavy atom. The van der Waals surface area contributed by atoms with E-state index in [4.69, 9.17) is 16.3 Å². The van der Waals surface area contributed by atoms with Gasteiger partial charge < -0.3 is 10.1 Å². The van der Waals surface area contributed by atoms with Gasteiger partial charge in [0.25, 0.3) is 5.91 Å². The van der Waals surface area contributed by atoms with Crippen LogP contribution in [0.25, 0.3) is 0 Å². The highest BCUT2D eigenvalue weighted by Gasteiger charge is 2.31. The molecule has 0 aliphatic carbocycles. The van der Waals surface area contributed by atoms with Crippen molar-refractivity contribution in [3.05, 3.63) is 45.6 Å². The van der Waals surface area contributed by atoms with Gasteiger partial charge in [-0.2, -0.15) is 4.72 Å². The zero-order valence-corrected chi connectivity index (χ0v) is 15.1. The number of esters is 1. The lowest BCUT2D eigenvalue weighted by molar-refractivity contribution is -0.139. The van der Waals surface area contributed by atoms with Crippen molar-refractivity contribution in [1.29, 1.82) is 0 Å². The second-order valence-electron chi connectivity index (χ2n) is 5.21. The molecule has 1 saturated heterocycles. The Kier molecular flexibility index (Phi) is 5.09. The molecule has 0 spiro atoms. The lowest BCUT2D eigenvalue weighted by Crippen LogP contribution is -2.37. The molecule has 10 heteroatoms. The second-order valence-corrected chi connectivity index (χ2v) is 8.24. The number of benzene rings is 1. The Morgan fingerprint density at radius 3 is 2.52 bits per heavy atom. The average Bonchev–Trinajstić information content (AvgIpc) is 3.16. The number of hydrogen-bond acceptors (Lipinski definition) is 6. The van der Waals surface area contributed by atoms with Gasteiger partial charge in [-0.25, -0.2) is 8.42 Å². The number of amides is 1. The van der Waals surface area contributed by atoms with Crippen LogP contribution in [0, 0.1) is 0 Å². The van der Waals surface area contributed by atoms with Crippen molar-refractivity contribution < 1.29 is 22.7 Å². The molecule has 1 aliphatic rings. The van der Waals surface area contributed by atoms with E-state index < -0.39 is 22.0 Å². The molecule has 2 N–H and O–H groups in total. The van der Waals surface area contributed by atoms with E-state index in [0.29, 0.717) is 22.0 Å². The molecule has 0 radical (unpaired) electrons. The number of halogens is 1. The summed E-state index contributed by atoms with van der Waals surface area (Å²) in [6, 6.07) is 6.35. The summed E-state index contributed by atoms with van der Waals surface area (Å²) in [6.07, 6.45) is 0.299. The van der Waals surface area contributed by atoms with Crippen LogP contribution in [-0.4, -0.2) is 32.9 Å². The minimum atomic E-state index is -3.85. The molecule has 0 bridgehead atoms. The monoisotopic (exact) mass is 400 g/mol. The van der Waals surface area contributed by atoms with Crippen molar-refractivity contribution in [3.63, 3.8) is 0 Å². The van der Waals surface area contributed by atoms with Gasteiger partial charge in [-0.1, -0.05) is 11.6 Å². The van der Waals surface area contributed by atoms with Crippen LogP contribution < -0.4 is 10.0 Å². The molecule has 3 rings (SSSR count). The van der Waals surface area contributed by atoms with Crippen LogP contribution in [0.15, 0.2) is 40.6 Å². The van der Waals surface area contributed by atoms with Gasteiger partial charge >= 0.3 is 5.97 Å². The first-order valence-corrected chi connectivity index (χ1v) is 9.94. The summed E-state index contributed by atoms with van der Waals surface area (Å²) < 4.78 is 31.6. The van der Waals surface area contributed by atoms with E-state index in [-0.39, 0.29) is 17.4 Å². The Hall–Kier alpha value is -1.94. The van der Waals surface area contributed by atoms with Gasteiger partial charge in [0.05, 0.1) is 16.5 Å². The Morgan fingerprint density at radius 1 is 1.24 bits per heavy atom. The Balaban J connectivity index is 1.70. The van der Waals surface area contributed by atoms with Crippen molar-refractivity contribution in [2.45, 2.75) is 17.4 Å². The number of carbonyl (C=O) groups excluding carboxylic acids is 2. The van der Waals surface area contributed by atoms with Crippen molar-refractivity contribution >= 4 is 50.5 Å². The number of sulfonamides is 1. The maximum absolute atomic E-state index is 12.3. The maximum Gasteiger partial charge on any atom is 0.324 e. The maximum atomic E-state index is 12.3. The van der Waals surface area contributed by atoms with Crippen LogP contribution in [0.5, 0.6) is 0 Å². The van der Waals surface area contributed by atoms with Gasteiger partial charge in [0.15, 0.2) is 0 Å². The summed E-state index contributed by atoms with van der Waals surface area (Å²) in [6.45, 7) is 0.197. The van der Waals surface area contributed by atoms with Crippen LogP contribution in [0.4, 0.5) is 5.69 Å². The quantitative estimate of drug-likeness (QED) is 0.749. The van der Waals surface area contributed by atoms with Crippen molar-refractivity contribution in [2.75, 3.05) is 11.9 Å². The normalized spacial score (nSPS) is 17.3. The fourth-order valence-electron chi connectivity index (χ4n) is 2.22. The zero-order chi connectivity index (χ0) is 18.0. The SMILES string of the molecule is O=C(Nc1ccc(S(=O)(=O)NC2CCOC2=O)cc1)c1sccc1Cl. The molecule has 1 fully saturated rings. The van der Waals surface area contributed by atoms with Crippen LogP contribution in [-0.2, 0) is 19.6 Å². The van der Waals surface area contributed by atoms with Crippen molar-refractivity contribution in [2.24, 2.45) is 0 Å². The van der Waals surface area contributed by atoms with E-state index in [9.17, 15) is 18.0 Å². The number of nitrogens with one attached hydrogen (secondary N) is 2. The van der Waals surface area contributed by atoms with Crippen molar-refractivity contribution in [1.82, 2.24) is 4.72 Å². The molecule has 1 aromatic carbocycles. The number of hydrogen-bond donors (Lipinski definition) is 2. The Labute approximate surface area is 153 Å². The highest BCUT2D eigenvalue weighted by Crippen LogP contribution is 2.23. The summed E-state index contributed by atoms with van der Waals surface area (Å²) in [5.74, 6) is -0.956. The van der Waals surface area contributed by atoms with E-state index in [1.807, 2.05) is 0 Å². The smallest absolute Gasteiger partial charge is 0.324 e. The molecule has 0 saturated carbocycles. The predicted molar refractivity (Wildman–Crippen MR) is 93.4 cm³/mol. The first-order valence-electron chi connectivity index (χ1n) is 7.20. The highest BCUT2D eigenvalue weighted by molar-refractivity contribution is 7.89. The molecule has 132 valence electrons. The summed E-state index contributed by atoms with van der Waals surface area (Å²) in [5.41, 5.74) is 0.425.